The predicted molar refractivity (Wildman–Crippen MR) is 470 cm³/mol. The first-order chi connectivity index (χ1) is 59.8. The number of unbranched alkanes of at least 4 members (excludes halogenated alkanes) is 1. The molecule has 0 radical (unpaired) electrons. The molecule has 8 aromatic carbocycles. The van der Waals surface area contributed by atoms with Crippen LogP contribution < -0.4 is 68.8 Å². The first kappa shape index (κ1) is 90.4. The van der Waals surface area contributed by atoms with Gasteiger partial charge in [0.25, 0.3) is 0 Å². The molecule has 648 valence electrons. The molecule has 0 bridgehead atoms. The predicted octanol–water partition coefficient (Wildman–Crippen LogP) is 4.84. The number of aromatic hydroxyl groups is 2. The van der Waals surface area contributed by atoms with Crippen molar-refractivity contribution < 1.29 is 81.7 Å². The summed E-state index contributed by atoms with van der Waals surface area (Å²) in [5.41, 5.74) is 15.4. The van der Waals surface area contributed by atoms with E-state index in [1.165, 1.54) is 49.4 Å². The number of primary amides is 1. The molecule has 10 aromatic rings. The fraction of sp³-hybridized carbons (Fsp3) is 0.300. The molecule has 34 heteroatoms. The molecular weight excluding hydrogens is 1650 g/mol. The van der Waals surface area contributed by atoms with Crippen molar-refractivity contribution in [1.82, 2.24) is 62.5 Å². The number of phenolic OH excluding ortho intramolecular Hbond substituents is 2. The Morgan fingerprint density at radius 3 is 1.35 bits per heavy atom. The number of phenols is 2. The summed E-state index contributed by atoms with van der Waals surface area (Å²) in [6.07, 6.45) is 1.17. The summed E-state index contributed by atoms with van der Waals surface area (Å²) >= 11 is 8.67. The molecule has 0 fully saturated rings. The zero-order valence-electron chi connectivity index (χ0n) is 67.5. The van der Waals surface area contributed by atoms with Crippen molar-refractivity contribution in [2.45, 2.75) is 149 Å². The molecular formula is C90H98N14O17S3. The number of carbonyl (C=O) groups excluding carboxylic acids is 11. The van der Waals surface area contributed by atoms with E-state index in [2.05, 4.69) is 87.8 Å². The highest BCUT2D eigenvalue weighted by Gasteiger charge is 2.54. The Morgan fingerprint density at radius 1 is 0.468 bits per heavy atom. The Labute approximate surface area is 727 Å². The largest absolute Gasteiger partial charge is 0.508 e. The van der Waals surface area contributed by atoms with Gasteiger partial charge in [-0.1, -0.05) is 127 Å². The molecule has 2 aromatic heterocycles. The lowest BCUT2D eigenvalue weighted by molar-refractivity contribution is -0.137. The monoisotopic (exact) mass is 1740 g/mol. The van der Waals surface area contributed by atoms with Gasteiger partial charge in [0.2, 0.25) is 59.1 Å². The molecule has 10 amide bonds. The number of para-hydroxylation sites is 2. The number of fused-ring (bicyclic) bond motifs is 8. The van der Waals surface area contributed by atoms with Crippen LogP contribution in [0.5, 0.6) is 23.0 Å². The van der Waals surface area contributed by atoms with Crippen LogP contribution in [0, 0.1) is 0 Å². The maximum atomic E-state index is 15.7. The molecule has 2 aliphatic heterocycles. The topological polar surface area (TPSA) is 488 Å². The summed E-state index contributed by atoms with van der Waals surface area (Å²) in [6.45, 7) is 1.23. The Bertz CT molecular complexity index is 5520. The fourth-order valence-electron chi connectivity index (χ4n) is 15.2. The number of aliphatic hydroxyl groups is 1. The number of rotatable bonds is 42. The Morgan fingerprint density at radius 2 is 0.879 bits per heavy atom. The molecule has 0 saturated carbocycles. The van der Waals surface area contributed by atoms with E-state index in [1.807, 2.05) is 30.3 Å². The van der Waals surface area contributed by atoms with Crippen LogP contribution in [-0.4, -0.2) is 180 Å². The highest BCUT2D eigenvalue weighted by Crippen LogP contribution is 2.57. The number of benzene rings is 8. The summed E-state index contributed by atoms with van der Waals surface area (Å²) in [5.74, 6) is -9.03. The van der Waals surface area contributed by atoms with Crippen molar-refractivity contribution in [3.05, 3.63) is 257 Å². The SMILES string of the molecule is C[C@@H](O)[C@H](NC(=O)[C@H](CCCCN)NC(=O)[C@@H](Cc1c[nH]c2ccccc12)NC(=O)[C@H](Cc1c[nH]c2ccccc12)NC(=O)[C@H](Cc1ccccc1)NC(=O)[C@H](CCS)NC(=O)[C@@H](Cc1ccccc1)NC(=O)CCNS(=O)c1ccc2c(c1)C1(OC2=O)c2ccc(O)cc2Oc2cc(O)ccc21)C(=O)N[C@@H](Cc1ccccc1)C(=O)N[C@@H](CCS)C(N)=O. The third-order valence-electron chi connectivity index (χ3n) is 21.5. The minimum atomic E-state index is -2.04. The van der Waals surface area contributed by atoms with Gasteiger partial charge in [0.05, 0.1) is 16.6 Å². The van der Waals surface area contributed by atoms with Gasteiger partial charge in [0.15, 0.2) is 5.60 Å². The smallest absolute Gasteiger partial charge is 0.340 e. The van der Waals surface area contributed by atoms with Crippen LogP contribution in [0.1, 0.15) is 100 Å². The van der Waals surface area contributed by atoms with Gasteiger partial charge in [-0.05, 0) is 139 Å². The second kappa shape index (κ2) is 42.3. The van der Waals surface area contributed by atoms with Crippen LogP contribution in [0.15, 0.2) is 211 Å². The molecule has 0 saturated heterocycles. The Balaban J connectivity index is 0.770. The zero-order valence-corrected chi connectivity index (χ0v) is 70.1. The maximum Gasteiger partial charge on any atom is 0.340 e. The third kappa shape index (κ3) is 22.5. The number of H-pyrrole nitrogens is 2. The minimum Gasteiger partial charge on any atom is -0.508 e. The van der Waals surface area contributed by atoms with Crippen LogP contribution in [0.25, 0.3) is 21.8 Å². The Hall–Kier alpha value is -12.9. The second-order valence-electron chi connectivity index (χ2n) is 30.3. The summed E-state index contributed by atoms with van der Waals surface area (Å²) in [7, 11) is -2.04. The van der Waals surface area contributed by atoms with E-state index in [-0.39, 0.29) is 122 Å². The normalized spacial score (nSPS) is 15.0. The number of hydrogen-bond donors (Lipinski definition) is 19. The van der Waals surface area contributed by atoms with E-state index >= 15 is 19.2 Å². The summed E-state index contributed by atoms with van der Waals surface area (Å²) in [6, 6.07) is 40.5. The minimum absolute atomic E-state index is 0.0286. The molecule has 2 aliphatic rings. The van der Waals surface area contributed by atoms with Crippen LogP contribution in [-0.2, 0) is 101 Å². The lowest BCUT2D eigenvalue weighted by Crippen LogP contribution is -2.62. The first-order valence-corrected chi connectivity index (χ1v) is 42.9. The number of aromatic amines is 2. The zero-order chi connectivity index (χ0) is 88.1. The molecule has 1 spiro atoms. The number of carbonyl (C=O) groups is 11. The van der Waals surface area contributed by atoms with Gasteiger partial charge >= 0.3 is 5.97 Å². The van der Waals surface area contributed by atoms with Gasteiger partial charge in [-0.15, -0.1) is 0 Å². The second-order valence-corrected chi connectivity index (χ2v) is 32.5. The van der Waals surface area contributed by atoms with E-state index < -0.39 is 142 Å². The fourth-order valence-corrected chi connectivity index (χ4v) is 16.6. The van der Waals surface area contributed by atoms with Crippen LogP contribution in [0.2, 0.25) is 0 Å². The molecule has 11 atom stereocenters. The Kier molecular flexibility index (Phi) is 30.8. The van der Waals surface area contributed by atoms with E-state index in [1.54, 1.807) is 134 Å². The lowest BCUT2D eigenvalue weighted by atomic mass is 9.77. The number of nitrogens with two attached hydrogens (primary N) is 2. The van der Waals surface area contributed by atoms with Gasteiger partial charge in [0, 0.05) is 108 Å². The van der Waals surface area contributed by atoms with Crippen molar-refractivity contribution in [2.75, 3.05) is 24.6 Å². The maximum absolute atomic E-state index is 15.7. The van der Waals surface area contributed by atoms with Crippen LogP contribution in [0.4, 0.5) is 0 Å². The van der Waals surface area contributed by atoms with Gasteiger partial charge in [0.1, 0.15) is 88.4 Å². The number of esters is 1. The number of aliphatic hydroxyl groups excluding tert-OH is 1. The van der Waals surface area contributed by atoms with Crippen molar-refractivity contribution in [1.29, 1.82) is 0 Å². The highest BCUT2D eigenvalue weighted by atomic mass is 32.2. The van der Waals surface area contributed by atoms with E-state index in [9.17, 15) is 53.1 Å². The van der Waals surface area contributed by atoms with E-state index in [0.29, 0.717) is 72.7 Å². The van der Waals surface area contributed by atoms with Gasteiger partial charge < -0.3 is 94.1 Å². The van der Waals surface area contributed by atoms with E-state index in [4.69, 9.17) is 20.9 Å². The quantitative estimate of drug-likeness (QED) is 0.0138. The number of nitrogens with one attached hydrogen (secondary N) is 12. The molecule has 12 rings (SSSR count). The standard InChI is InChI=1S/C90H98N14O17S3/c1-51(105)79(88(117)103-73(43-54-21-9-4-10-22-54)84(113)97-68(35-39-122)80(92)109)104-82(111)69(27-15-16-37-91)98-86(115)74(44-55-49-93-66-25-13-11-23-60(55)66)102-87(116)75(45-56-50-94-67-26-14-12-24-61(56)67)101-85(114)72(42-53-19-7-3-8-20-53)100-81(110)70(36-40-123)99-83(112)71(41-52-17-5-2-6-18-52)96-78(108)34-38-95-124(119)59-30-31-62-65(48-59)90(121-89(62)118)63-32-28-57(106)46-76(63)120-77-47-58(107)29-33-64(77)90/h2-14,17-26,28-33,46-51,68-75,79,93-95,105-107,122-123H,15-16,27,34-45,91H2,1H3,(H2,92,109)(H,96,108)(H,97,113)(H,98,115)(H,99,112)(H,100,110)(H,101,114)(H,102,116)(H,103,117)(H,104,111)/t51-,68+,69+,70+,71-,72+,73+,74-,75+,79+,124?/m1/s1. The molecule has 1 unspecified atom stereocenters. The average Bonchev–Trinajstić information content (AvgIpc) is 1.45. The van der Waals surface area contributed by atoms with E-state index in [0.717, 1.165) is 0 Å². The van der Waals surface area contributed by atoms with Crippen molar-refractivity contribution in [3.8, 4) is 23.0 Å². The van der Waals surface area contributed by atoms with Crippen LogP contribution in [0.3, 0.4) is 0 Å². The van der Waals surface area contributed by atoms with Gasteiger partial charge in [-0.2, -0.15) is 25.3 Å². The number of thiol groups is 2. The van der Waals surface area contributed by atoms with Crippen molar-refractivity contribution in [3.63, 3.8) is 0 Å². The molecule has 124 heavy (non-hydrogen) atoms. The third-order valence-corrected chi connectivity index (χ3v) is 23.2. The van der Waals surface area contributed by atoms with Gasteiger partial charge in [-0.3, -0.25) is 47.9 Å². The molecule has 31 nitrogen and oxygen atoms in total. The number of ether oxygens (including phenoxy) is 2. The summed E-state index contributed by atoms with van der Waals surface area (Å²) in [4.78, 5) is 167. The number of aromatic nitrogens is 2. The number of amides is 10. The first-order valence-electron chi connectivity index (χ1n) is 40.5. The van der Waals surface area contributed by atoms with Gasteiger partial charge in [-0.25, -0.2) is 13.7 Å². The van der Waals surface area contributed by atoms with Crippen LogP contribution >= 0.6 is 25.3 Å². The average molecular weight is 1740 g/mol. The van der Waals surface area contributed by atoms with Crippen molar-refractivity contribution in [2.24, 2.45) is 11.5 Å². The summed E-state index contributed by atoms with van der Waals surface area (Å²) in [5, 5.41) is 58.3. The molecule has 19 N–H and O–H groups in total. The number of hydrogen-bond acceptors (Lipinski definition) is 20. The molecule has 4 heterocycles. The highest BCUT2D eigenvalue weighted by molar-refractivity contribution is 7.83. The lowest BCUT2D eigenvalue weighted by Gasteiger charge is -2.36. The summed E-state index contributed by atoms with van der Waals surface area (Å²) < 4.78 is 29.3. The van der Waals surface area contributed by atoms with Crippen molar-refractivity contribution >= 4 is 123 Å². The molecule has 0 aliphatic carbocycles.